The van der Waals surface area contributed by atoms with E-state index in [1.54, 1.807) is 20.8 Å². The Hall–Kier alpha value is -1.87. The molecule has 156 valence electrons. The van der Waals surface area contributed by atoms with Crippen LogP contribution in [0.25, 0.3) is 0 Å². The molecule has 3 N–H and O–H groups in total. The third kappa shape index (κ3) is 6.99. The fourth-order valence-electron chi connectivity index (χ4n) is 2.94. The molecule has 1 fully saturated rings. The van der Waals surface area contributed by atoms with Gasteiger partial charge in [-0.1, -0.05) is 0 Å². The van der Waals surface area contributed by atoms with Crippen LogP contribution >= 0.6 is 0 Å². The zero-order valence-electron chi connectivity index (χ0n) is 16.8. The number of amides is 2. The van der Waals surface area contributed by atoms with Crippen LogP contribution in [0.2, 0.25) is 0 Å². The Bertz CT molecular complexity index is 521. The van der Waals surface area contributed by atoms with E-state index in [2.05, 4.69) is 10.6 Å². The van der Waals surface area contributed by atoms with Gasteiger partial charge in [0, 0.05) is 27.2 Å². The molecule has 0 aromatic heterocycles. The number of carbonyl (C=O) groups excluding carboxylic acids is 2. The van der Waals surface area contributed by atoms with E-state index in [-0.39, 0.29) is 18.2 Å². The van der Waals surface area contributed by atoms with Crippen molar-refractivity contribution in [2.75, 3.05) is 20.8 Å². The van der Waals surface area contributed by atoms with Gasteiger partial charge in [0.2, 0.25) is 5.91 Å². The Morgan fingerprint density at radius 1 is 1.19 bits per heavy atom. The number of carboxylic acids is 1. The minimum atomic E-state index is -1.12. The van der Waals surface area contributed by atoms with Crippen molar-refractivity contribution in [1.29, 1.82) is 0 Å². The summed E-state index contributed by atoms with van der Waals surface area (Å²) in [7, 11) is 3.04. The average Bonchev–Trinajstić information content (AvgIpc) is 2.52. The van der Waals surface area contributed by atoms with E-state index >= 15 is 0 Å². The van der Waals surface area contributed by atoms with Gasteiger partial charge in [-0.15, -0.1) is 0 Å². The Balaban J connectivity index is 2.31. The lowest BCUT2D eigenvalue weighted by molar-refractivity contribution is -0.279. The van der Waals surface area contributed by atoms with Crippen molar-refractivity contribution in [3.8, 4) is 0 Å². The number of methoxy groups -OCH3 is 2. The second-order valence-electron chi connectivity index (χ2n) is 7.64. The van der Waals surface area contributed by atoms with Crippen LogP contribution in [-0.2, 0) is 23.8 Å². The first kappa shape index (κ1) is 23.2. The van der Waals surface area contributed by atoms with Gasteiger partial charge in [0.15, 0.2) is 5.79 Å². The van der Waals surface area contributed by atoms with Crippen LogP contribution < -0.4 is 10.6 Å². The van der Waals surface area contributed by atoms with Crippen LogP contribution in [0.4, 0.5) is 4.79 Å². The molecule has 1 aliphatic rings. The Morgan fingerprint density at radius 2 is 1.81 bits per heavy atom. The van der Waals surface area contributed by atoms with Crippen molar-refractivity contribution in [1.82, 2.24) is 10.6 Å². The van der Waals surface area contributed by atoms with Gasteiger partial charge >= 0.3 is 12.1 Å². The van der Waals surface area contributed by atoms with Crippen LogP contribution in [0.3, 0.4) is 0 Å². The monoisotopic (exact) mass is 388 g/mol. The molecule has 1 aliphatic carbocycles. The topological polar surface area (TPSA) is 123 Å². The largest absolute Gasteiger partial charge is 0.480 e. The van der Waals surface area contributed by atoms with Crippen molar-refractivity contribution in [2.24, 2.45) is 5.92 Å². The van der Waals surface area contributed by atoms with Crippen LogP contribution in [0.5, 0.6) is 0 Å². The average molecular weight is 388 g/mol. The van der Waals surface area contributed by atoms with E-state index < -0.39 is 29.5 Å². The fourth-order valence-corrected chi connectivity index (χ4v) is 2.94. The first-order chi connectivity index (χ1) is 12.5. The first-order valence-corrected chi connectivity index (χ1v) is 9.15. The van der Waals surface area contributed by atoms with E-state index in [0.717, 1.165) is 0 Å². The summed E-state index contributed by atoms with van der Waals surface area (Å²) in [5, 5.41) is 14.4. The minimum Gasteiger partial charge on any atom is -0.480 e. The van der Waals surface area contributed by atoms with Crippen molar-refractivity contribution < 1.29 is 33.7 Å². The number of aliphatic carboxylic acids is 1. The first-order valence-electron chi connectivity index (χ1n) is 9.15. The smallest absolute Gasteiger partial charge is 0.408 e. The van der Waals surface area contributed by atoms with Gasteiger partial charge in [-0.2, -0.15) is 0 Å². The van der Waals surface area contributed by atoms with Crippen molar-refractivity contribution in [3.05, 3.63) is 0 Å². The third-order valence-electron chi connectivity index (χ3n) is 4.53. The number of carboxylic acid groups (broad SMARTS) is 1. The summed E-state index contributed by atoms with van der Waals surface area (Å²) < 4.78 is 15.7. The maximum Gasteiger partial charge on any atom is 0.408 e. The zero-order chi connectivity index (χ0) is 20.7. The molecular formula is C18H32N2O7. The number of nitrogens with one attached hydrogen (secondary N) is 2. The van der Waals surface area contributed by atoms with Gasteiger partial charge in [0.05, 0.1) is 5.92 Å². The predicted octanol–water partition coefficient (Wildman–Crippen LogP) is 1.65. The van der Waals surface area contributed by atoms with Crippen LogP contribution in [0.1, 0.15) is 52.9 Å². The molecule has 0 aromatic rings. The molecule has 9 heteroatoms. The van der Waals surface area contributed by atoms with Crippen LogP contribution in [0.15, 0.2) is 0 Å². The van der Waals surface area contributed by atoms with Crippen molar-refractivity contribution in [3.63, 3.8) is 0 Å². The van der Waals surface area contributed by atoms with E-state index in [1.807, 2.05) is 0 Å². The molecule has 1 rings (SSSR count). The molecule has 2 atom stereocenters. The summed E-state index contributed by atoms with van der Waals surface area (Å²) >= 11 is 0. The Morgan fingerprint density at radius 3 is 2.26 bits per heavy atom. The normalized spacial score (nSPS) is 19.5. The number of unbranched alkanes of at least 4 members (excludes halogenated alkanes) is 1. The molecule has 0 saturated heterocycles. The van der Waals surface area contributed by atoms with E-state index in [1.165, 1.54) is 14.2 Å². The molecule has 0 aliphatic heterocycles. The van der Waals surface area contributed by atoms with E-state index in [0.29, 0.717) is 32.2 Å². The number of hydrogen-bond donors (Lipinski definition) is 3. The van der Waals surface area contributed by atoms with Gasteiger partial charge in [-0.05, 0) is 46.5 Å². The zero-order valence-corrected chi connectivity index (χ0v) is 16.8. The molecule has 0 bridgehead atoms. The number of carbonyl (C=O) groups is 3. The number of rotatable bonds is 10. The standard InChI is InChI=1S/C18H32N2O7/c1-17(2,3)27-16(24)20-13(15(22)23)8-6-7-11-19-14(21)12-9-10-18(12,25-4)26-5/h12-13H,6-11H2,1-5H3,(H,19,21)(H,20,24)(H,22,23). The van der Waals surface area contributed by atoms with Crippen LogP contribution in [-0.4, -0.2) is 61.3 Å². The SMILES string of the molecule is COC1(OC)CCC1C(=O)NCCCCC(NC(=O)OC(C)(C)C)C(=O)O. The molecule has 9 nitrogen and oxygen atoms in total. The summed E-state index contributed by atoms with van der Waals surface area (Å²) in [4.78, 5) is 35.2. The molecule has 2 amide bonds. The summed E-state index contributed by atoms with van der Waals surface area (Å²) in [6.45, 7) is 5.52. The van der Waals surface area contributed by atoms with Crippen molar-refractivity contribution >= 4 is 18.0 Å². The molecule has 0 spiro atoms. The van der Waals surface area contributed by atoms with E-state index in [9.17, 15) is 19.5 Å². The fraction of sp³-hybridized carbons (Fsp3) is 0.833. The highest BCUT2D eigenvalue weighted by Gasteiger charge is 2.51. The number of alkyl carbamates (subject to hydrolysis) is 1. The van der Waals surface area contributed by atoms with Gasteiger partial charge < -0.3 is 30.0 Å². The lowest BCUT2D eigenvalue weighted by Gasteiger charge is -2.45. The van der Waals surface area contributed by atoms with Crippen molar-refractivity contribution in [2.45, 2.75) is 70.3 Å². The minimum absolute atomic E-state index is 0.133. The summed E-state index contributed by atoms with van der Waals surface area (Å²) in [6.07, 6.45) is 1.98. The molecule has 2 unspecified atom stereocenters. The summed E-state index contributed by atoms with van der Waals surface area (Å²) in [5.41, 5.74) is -0.696. The lowest BCUT2D eigenvalue weighted by atomic mass is 9.77. The molecular weight excluding hydrogens is 356 g/mol. The second kappa shape index (κ2) is 9.89. The maximum absolute atomic E-state index is 12.2. The Labute approximate surface area is 160 Å². The van der Waals surface area contributed by atoms with Gasteiger partial charge in [-0.3, -0.25) is 4.79 Å². The lowest BCUT2D eigenvalue weighted by Crippen LogP contribution is -2.56. The molecule has 0 aromatic carbocycles. The molecule has 1 saturated carbocycles. The Kier molecular flexibility index (Phi) is 8.49. The predicted molar refractivity (Wildman–Crippen MR) is 97.1 cm³/mol. The second-order valence-corrected chi connectivity index (χ2v) is 7.64. The summed E-state index contributed by atoms with van der Waals surface area (Å²) in [5.74, 6) is -2.43. The third-order valence-corrected chi connectivity index (χ3v) is 4.53. The van der Waals surface area contributed by atoms with Crippen LogP contribution in [0, 0.1) is 5.92 Å². The maximum atomic E-state index is 12.2. The van der Waals surface area contributed by atoms with Gasteiger partial charge in [0.1, 0.15) is 11.6 Å². The van der Waals surface area contributed by atoms with E-state index in [4.69, 9.17) is 14.2 Å². The molecule has 27 heavy (non-hydrogen) atoms. The number of hydrogen-bond acceptors (Lipinski definition) is 6. The van der Waals surface area contributed by atoms with Gasteiger partial charge in [-0.25, -0.2) is 9.59 Å². The molecule has 0 heterocycles. The number of ether oxygens (including phenoxy) is 3. The highest BCUT2D eigenvalue weighted by molar-refractivity contribution is 5.81. The molecule has 0 radical (unpaired) electrons. The quantitative estimate of drug-likeness (QED) is 0.384. The van der Waals surface area contributed by atoms with Gasteiger partial charge in [0.25, 0.3) is 0 Å². The highest BCUT2D eigenvalue weighted by atomic mass is 16.7. The highest BCUT2D eigenvalue weighted by Crippen LogP contribution is 2.41. The summed E-state index contributed by atoms with van der Waals surface area (Å²) in [6, 6.07) is -1.03.